The SMILES string of the molecule is CCCn1c(C2CCNCC2)nc(-c2ccc(Cl)c(Cl)c2)c1C. The molecule has 124 valence electrons. The number of aromatic nitrogens is 2. The zero-order valence-electron chi connectivity index (χ0n) is 13.7. The highest BCUT2D eigenvalue weighted by atomic mass is 35.5. The van der Waals surface area contributed by atoms with E-state index >= 15 is 0 Å². The van der Waals surface area contributed by atoms with Crippen LogP contribution < -0.4 is 5.32 Å². The maximum Gasteiger partial charge on any atom is 0.112 e. The number of halogens is 2. The lowest BCUT2D eigenvalue weighted by atomic mass is 9.97. The van der Waals surface area contributed by atoms with Gasteiger partial charge in [-0.25, -0.2) is 4.98 Å². The predicted octanol–water partition coefficient (Wildman–Crippen LogP) is 5.04. The van der Waals surface area contributed by atoms with Gasteiger partial charge >= 0.3 is 0 Å². The van der Waals surface area contributed by atoms with Crippen LogP contribution in [0.3, 0.4) is 0 Å². The van der Waals surface area contributed by atoms with Gasteiger partial charge in [0.2, 0.25) is 0 Å². The summed E-state index contributed by atoms with van der Waals surface area (Å²) in [6, 6.07) is 5.77. The molecule has 23 heavy (non-hydrogen) atoms. The van der Waals surface area contributed by atoms with Crippen molar-refractivity contribution in [3.05, 3.63) is 39.8 Å². The number of rotatable bonds is 4. The van der Waals surface area contributed by atoms with Gasteiger partial charge in [-0.1, -0.05) is 36.2 Å². The van der Waals surface area contributed by atoms with E-state index in [1.807, 2.05) is 18.2 Å². The molecule has 1 aromatic heterocycles. The third-order valence-electron chi connectivity index (χ3n) is 4.60. The lowest BCUT2D eigenvalue weighted by Crippen LogP contribution is -2.28. The Balaban J connectivity index is 2.04. The summed E-state index contributed by atoms with van der Waals surface area (Å²) in [5.41, 5.74) is 3.30. The van der Waals surface area contributed by atoms with Crippen molar-refractivity contribution in [3.63, 3.8) is 0 Å². The van der Waals surface area contributed by atoms with Crippen LogP contribution in [0.5, 0.6) is 0 Å². The first-order chi connectivity index (χ1) is 11.1. The second-order valence-corrected chi connectivity index (χ2v) is 7.02. The topological polar surface area (TPSA) is 29.9 Å². The smallest absolute Gasteiger partial charge is 0.112 e. The molecule has 0 saturated carbocycles. The third-order valence-corrected chi connectivity index (χ3v) is 5.33. The van der Waals surface area contributed by atoms with Gasteiger partial charge in [-0.2, -0.15) is 0 Å². The van der Waals surface area contributed by atoms with Crippen LogP contribution in [0.1, 0.15) is 43.6 Å². The monoisotopic (exact) mass is 351 g/mol. The van der Waals surface area contributed by atoms with Crippen molar-refractivity contribution in [1.29, 1.82) is 0 Å². The summed E-state index contributed by atoms with van der Waals surface area (Å²) in [5.74, 6) is 1.77. The highest BCUT2D eigenvalue weighted by molar-refractivity contribution is 6.42. The molecular formula is C18H23Cl2N3. The maximum atomic E-state index is 6.20. The van der Waals surface area contributed by atoms with Crippen LogP contribution in [0.4, 0.5) is 0 Å². The van der Waals surface area contributed by atoms with Crippen molar-refractivity contribution in [3.8, 4) is 11.3 Å². The molecule has 0 aliphatic carbocycles. The Morgan fingerprint density at radius 1 is 1.22 bits per heavy atom. The minimum atomic E-state index is 0.540. The Bertz CT molecular complexity index is 688. The minimum Gasteiger partial charge on any atom is -0.331 e. The first-order valence-electron chi connectivity index (χ1n) is 8.35. The zero-order valence-corrected chi connectivity index (χ0v) is 15.2. The van der Waals surface area contributed by atoms with E-state index in [1.165, 1.54) is 11.5 Å². The van der Waals surface area contributed by atoms with Crippen LogP contribution in [0.25, 0.3) is 11.3 Å². The second-order valence-electron chi connectivity index (χ2n) is 6.21. The van der Waals surface area contributed by atoms with E-state index in [9.17, 15) is 0 Å². The second kappa shape index (κ2) is 7.25. The van der Waals surface area contributed by atoms with Gasteiger partial charge in [0.15, 0.2) is 0 Å². The summed E-state index contributed by atoms with van der Waals surface area (Å²) >= 11 is 12.2. The van der Waals surface area contributed by atoms with Gasteiger partial charge in [-0.15, -0.1) is 0 Å². The molecule has 1 fully saturated rings. The summed E-state index contributed by atoms with van der Waals surface area (Å²) in [4.78, 5) is 5.03. The normalized spacial score (nSPS) is 16.0. The number of imidazole rings is 1. The van der Waals surface area contributed by atoms with E-state index in [1.54, 1.807) is 0 Å². The molecule has 0 bridgehead atoms. The number of hydrogen-bond donors (Lipinski definition) is 1. The summed E-state index contributed by atoms with van der Waals surface area (Å²) in [6.45, 7) is 7.53. The molecule has 0 spiro atoms. The van der Waals surface area contributed by atoms with Crippen LogP contribution in [0.15, 0.2) is 18.2 Å². The molecule has 1 aliphatic heterocycles. The summed E-state index contributed by atoms with van der Waals surface area (Å²) in [6.07, 6.45) is 3.41. The molecule has 0 atom stereocenters. The van der Waals surface area contributed by atoms with Crippen LogP contribution in [-0.4, -0.2) is 22.6 Å². The highest BCUT2D eigenvalue weighted by Gasteiger charge is 2.24. The van der Waals surface area contributed by atoms with Crippen molar-refractivity contribution in [1.82, 2.24) is 14.9 Å². The Hall–Kier alpha value is -1.03. The molecule has 1 aliphatic rings. The summed E-state index contributed by atoms with van der Waals surface area (Å²) < 4.78 is 2.40. The molecule has 2 heterocycles. The van der Waals surface area contributed by atoms with E-state index in [0.29, 0.717) is 16.0 Å². The average molecular weight is 352 g/mol. The first kappa shape index (κ1) is 16.8. The fourth-order valence-electron chi connectivity index (χ4n) is 3.37. The fraction of sp³-hybridized carbons (Fsp3) is 0.500. The molecule has 3 rings (SSSR count). The van der Waals surface area contributed by atoms with Crippen molar-refractivity contribution >= 4 is 23.2 Å². The fourth-order valence-corrected chi connectivity index (χ4v) is 3.67. The van der Waals surface area contributed by atoms with Gasteiger partial charge in [0, 0.05) is 23.7 Å². The van der Waals surface area contributed by atoms with Gasteiger partial charge in [0.05, 0.1) is 15.7 Å². The van der Waals surface area contributed by atoms with E-state index in [2.05, 4.69) is 23.7 Å². The van der Waals surface area contributed by atoms with Gasteiger partial charge in [-0.05, 0) is 51.4 Å². The van der Waals surface area contributed by atoms with Gasteiger partial charge in [0.1, 0.15) is 5.82 Å². The van der Waals surface area contributed by atoms with E-state index in [-0.39, 0.29) is 0 Å². The Labute approximate surface area is 148 Å². The zero-order chi connectivity index (χ0) is 16.4. The largest absolute Gasteiger partial charge is 0.331 e. The molecule has 0 radical (unpaired) electrons. The van der Waals surface area contributed by atoms with Crippen LogP contribution in [-0.2, 0) is 6.54 Å². The molecular weight excluding hydrogens is 329 g/mol. The highest BCUT2D eigenvalue weighted by Crippen LogP contribution is 2.33. The van der Waals surface area contributed by atoms with E-state index in [0.717, 1.165) is 50.2 Å². The van der Waals surface area contributed by atoms with E-state index < -0.39 is 0 Å². The lowest BCUT2D eigenvalue weighted by molar-refractivity contribution is 0.428. The maximum absolute atomic E-state index is 6.20. The van der Waals surface area contributed by atoms with Crippen molar-refractivity contribution < 1.29 is 0 Å². The minimum absolute atomic E-state index is 0.540. The quantitative estimate of drug-likeness (QED) is 0.835. The number of nitrogens with one attached hydrogen (secondary N) is 1. The molecule has 1 aromatic carbocycles. The van der Waals surface area contributed by atoms with Crippen molar-refractivity contribution in [2.75, 3.05) is 13.1 Å². The lowest BCUT2D eigenvalue weighted by Gasteiger charge is -2.23. The Morgan fingerprint density at radius 2 is 1.96 bits per heavy atom. The van der Waals surface area contributed by atoms with Crippen LogP contribution >= 0.6 is 23.2 Å². The standard InChI is InChI=1S/C18H23Cl2N3/c1-3-10-23-12(2)17(14-4-5-15(19)16(20)11-14)22-18(23)13-6-8-21-9-7-13/h4-5,11,13,21H,3,6-10H2,1-2H3. The summed E-state index contributed by atoms with van der Waals surface area (Å²) in [5, 5.41) is 4.60. The van der Waals surface area contributed by atoms with Gasteiger partial charge in [0.25, 0.3) is 0 Å². The van der Waals surface area contributed by atoms with Crippen molar-refractivity contribution in [2.45, 2.75) is 45.6 Å². The first-order valence-corrected chi connectivity index (χ1v) is 9.10. The van der Waals surface area contributed by atoms with Gasteiger partial charge in [-0.3, -0.25) is 0 Å². The summed E-state index contributed by atoms with van der Waals surface area (Å²) in [7, 11) is 0. The number of nitrogens with zero attached hydrogens (tertiary/aromatic N) is 2. The van der Waals surface area contributed by atoms with E-state index in [4.69, 9.17) is 28.2 Å². The molecule has 5 heteroatoms. The molecule has 1 N–H and O–H groups in total. The Morgan fingerprint density at radius 3 is 2.61 bits per heavy atom. The van der Waals surface area contributed by atoms with Crippen LogP contribution in [0, 0.1) is 6.92 Å². The number of hydrogen-bond acceptors (Lipinski definition) is 2. The van der Waals surface area contributed by atoms with Gasteiger partial charge < -0.3 is 9.88 Å². The molecule has 3 nitrogen and oxygen atoms in total. The molecule has 1 saturated heterocycles. The molecule has 2 aromatic rings. The van der Waals surface area contributed by atoms with Crippen LogP contribution in [0.2, 0.25) is 10.0 Å². The molecule has 0 amide bonds. The Kier molecular flexibility index (Phi) is 5.30. The molecule has 0 unspecified atom stereocenters. The average Bonchev–Trinajstić information content (AvgIpc) is 2.89. The van der Waals surface area contributed by atoms with Crippen molar-refractivity contribution in [2.24, 2.45) is 0 Å². The number of piperidine rings is 1. The predicted molar refractivity (Wildman–Crippen MR) is 97.6 cm³/mol. The third kappa shape index (κ3) is 3.42. The number of benzene rings is 1.